The summed E-state index contributed by atoms with van der Waals surface area (Å²) >= 11 is 0. The lowest BCUT2D eigenvalue weighted by molar-refractivity contribution is -0.118. The van der Waals surface area contributed by atoms with Crippen LogP contribution in [-0.4, -0.2) is 56.1 Å². The van der Waals surface area contributed by atoms with Crippen LogP contribution < -0.4 is 16.4 Å². The molecule has 4 N–H and O–H groups in total. The van der Waals surface area contributed by atoms with Gasteiger partial charge in [0.05, 0.1) is 19.1 Å². The smallest absolute Gasteiger partial charge is 0.238 e. The Bertz CT molecular complexity index is 575. The molecule has 1 aromatic rings. The molecule has 0 bridgehead atoms. The molecule has 160 valence electrons. The number of ether oxygens (including phenoxy) is 1. The molecule has 1 unspecified atom stereocenters. The highest BCUT2D eigenvalue weighted by Crippen LogP contribution is 2.15. The van der Waals surface area contributed by atoms with Crippen molar-refractivity contribution in [2.24, 2.45) is 5.73 Å². The van der Waals surface area contributed by atoms with Gasteiger partial charge < -0.3 is 21.1 Å². The summed E-state index contributed by atoms with van der Waals surface area (Å²) in [6.45, 7) is 2.70. The normalized spacial score (nSPS) is 15.4. The zero-order chi connectivity index (χ0) is 18.8. The lowest BCUT2D eigenvalue weighted by atomic mass is 10.2. The molecule has 0 saturated carbocycles. The van der Waals surface area contributed by atoms with E-state index in [2.05, 4.69) is 15.5 Å². The van der Waals surface area contributed by atoms with E-state index < -0.39 is 0 Å². The largest absolute Gasteiger partial charge is 0.380 e. The second kappa shape index (κ2) is 14.6. The van der Waals surface area contributed by atoms with Crippen molar-refractivity contribution < 1.29 is 14.3 Å². The maximum absolute atomic E-state index is 12.2. The fourth-order valence-corrected chi connectivity index (χ4v) is 3.02. The van der Waals surface area contributed by atoms with E-state index in [4.69, 9.17) is 10.5 Å². The van der Waals surface area contributed by atoms with Crippen LogP contribution in [0.1, 0.15) is 32.1 Å². The molecule has 1 heterocycles. The first-order valence-corrected chi connectivity index (χ1v) is 9.25. The van der Waals surface area contributed by atoms with Gasteiger partial charge in [-0.3, -0.25) is 14.5 Å². The standard InChI is InChI=1S/C19H30N4O3.2ClH/c1-26-17(13-20)12-18(24)21-15-6-8-16(9-7-15)22-19(25)14-23-10-4-2-3-5-11-23;;/h6-9,17H,2-5,10-14,20H2,1H3,(H,21,24)(H,22,25);2*1H. The van der Waals surface area contributed by atoms with Crippen molar-refractivity contribution in [2.45, 2.75) is 38.2 Å². The van der Waals surface area contributed by atoms with Gasteiger partial charge in [0.15, 0.2) is 0 Å². The summed E-state index contributed by atoms with van der Waals surface area (Å²) in [5.41, 5.74) is 6.91. The molecule has 1 aliphatic heterocycles. The number of rotatable bonds is 8. The number of anilines is 2. The first kappa shape index (κ1) is 26.6. The van der Waals surface area contributed by atoms with E-state index in [1.807, 2.05) is 0 Å². The summed E-state index contributed by atoms with van der Waals surface area (Å²) in [5, 5.41) is 5.71. The molecule has 2 amide bonds. The fourth-order valence-electron chi connectivity index (χ4n) is 3.02. The van der Waals surface area contributed by atoms with Crippen molar-refractivity contribution in [1.82, 2.24) is 4.90 Å². The quantitative estimate of drug-likeness (QED) is 0.584. The predicted octanol–water partition coefficient (Wildman–Crippen LogP) is 2.65. The summed E-state index contributed by atoms with van der Waals surface area (Å²) < 4.78 is 5.10. The number of methoxy groups -OCH3 is 1. The predicted molar refractivity (Wildman–Crippen MR) is 118 cm³/mol. The number of carbonyl (C=O) groups excluding carboxylic acids is 2. The van der Waals surface area contributed by atoms with Gasteiger partial charge in [-0.25, -0.2) is 0 Å². The maximum Gasteiger partial charge on any atom is 0.238 e. The van der Waals surface area contributed by atoms with Crippen molar-refractivity contribution in [2.75, 3.05) is 43.9 Å². The Labute approximate surface area is 179 Å². The molecule has 1 fully saturated rings. The molecule has 7 nitrogen and oxygen atoms in total. The zero-order valence-electron chi connectivity index (χ0n) is 16.3. The van der Waals surface area contributed by atoms with Crippen LogP contribution >= 0.6 is 24.8 Å². The number of amides is 2. The Morgan fingerprint density at radius 2 is 1.50 bits per heavy atom. The van der Waals surface area contributed by atoms with Crippen LogP contribution in [0.5, 0.6) is 0 Å². The van der Waals surface area contributed by atoms with E-state index in [1.54, 1.807) is 24.3 Å². The first-order chi connectivity index (χ1) is 12.6. The van der Waals surface area contributed by atoms with Crippen LogP contribution in [0.4, 0.5) is 11.4 Å². The third-order valence-electron chi connectivity index (χ3n) is 4.53. The summed E-state index contributed by atoms with van der Waals surface area (Å²) in [6, 6.07) is 7.10. The number of benzene rings is 1. The molecule has 28 heavy (non-hydrogen) atoms. The number of hydrogen-bond acceptors (Lipinski definition) is 5. The van der Waals surface area contributed by atoms with E-state index in [0.29, 0.717) is 18.8 Å². The minimum Gasteiger partial charge on any atom is -0.380 e. The van der Waals surface area contributed by atoms with Crippen LogP contribution in [-0.2, 0) is 14.3 Å². The van der Waals surface area contributed by atoms with Gasteiger partial charge in [0.2, 0.25) is 11.8 Å². The number of nitrogens with two attached hydrogens (primary N) is 1. The molecule has 0 aliphatic carbocycles. The summed E-state index contributed by atoms with van der Waals surface area (Å²) in [5.74, 6) is -0.158. The van der Waals surface area contributed by atoms with Crippen molar-refractivity contribution in [1.29, 1.82) is 0 Å². The van der Waals surface area contributed by atoms with Gasteiger partial charge in [-0.1, -0.05) is 12.8 Å². The van der Waals surface area contributed by atoms with Crippen LogP contribution in [0.25, 0.3) is 0 Å². The van der Waals surface area contributed by atoms with Crippen LogP contribution in [0.3, 0.4) is 0 Å². The van der Waals surface area contributed by atoms with Gasteiger partial charge in [-0.2, -0.15) is 0 Å². The number of hydrogen-bond donors (Lipinski definition) is 3. The number of likely N-dealkylation sites (tertiary alicyclic amines) is 1. The molecular formula is C19H32Cl2N4O3. The molecule has 0 spiro atoms. The van der Waals surface area contributed by atoms with Crippen molar-refractivity contribution in [3.8, 4) is 0 Å². The molecular weight excluding hydrogens is 403 g/mol. The molecule has 2 rings (SSSR count). The third kappa shape index (κ3) is 9.71. The van der Waals surface area contributed by atoms with E-state index in [9.17, 15) is 9.59 Å². The molecule has 9 heteroatoms. The van der Waals surface area contributed by atoms with Gasteiger partial charge in [-0.15, -0.1) is 24.8 Å². The lowest BCUT2D eigenvalue weighted by Gasteiger charge is -2.19. The monoisotopic (exact) mass is 434 g/mol. The second-order valence-electron chi connectivity index (χ2n) is 6.66. The SMILES string of the molecule is COC(CN)CC(=O)Nc1ccc(NC(=O)CN2CCCCCC2)cc1.Cl.Cl. The average molecular weight is 435 g/mol. The number of nitrogens with one attached hydrogen (secondary N) is 2. The van der Waals surface area contributed by atoms with Gasteiger partial charge in [0.1, 0.15) is 0 Å². The van der Waals surface area contributed by atoms with E-state index in [0.717, 1.165) is 31.6 Å². The first-order valence-electron chi connectivity index (χ1n) is 9.25. The topological polar surface area (TPSA) is 96.7 Å². The van der Waals surface area contributed by atoms with Crippen molar-refractivity contribution >= 4 is 48.0 Å². The van der Waals surface area contributed by atoms with Crippen LogP contribution in [0.2, 0.25) is 0 Å². The summed E-state index contributed by atoms with van der Waals surface area (Å²) in [7, 11) is 1.54. The highest BCUT2D eigenvalue weighted by Gasteiger charge is 2.14. The molecule has 0 aromatic heterocycles. The Kier molecular flexibility index (Phi) is 13.9. The molecule has 1 aromatic carbocycles. The molecule has 1 atom stereocenters. The summed E-state index contributed by atoms with van der Waals surface area (Å²) in [6.07, 6.45) is 4.75. The third-order valence-corrected chi connectivity index (χ3v) is 4.53. The van der Waals surface area contributed by atoms with Gasteiger partial charge in [0, 0.05) is 25.0 Å². The lowest BCUT2D eigenvalue weighted by Crippen LogP contribution is -2.33. The van der Waals surface area contributed by atoms with E-state index >= 15 is 0 Å². The summed E-state index contributed by atoms with van der Waals surface area (Å²) in [4.78, 5) is 26.3. The van der Waals surface area contributed by atoms with Crippen LogP contribution in [0.15, 0.2) is 24.3 Å². The van der Waals surface area contributed by atoms with Gasteiger partial charge in [0.25, 0.3) is 0 Å². The van der Waals surface area contributed by atoms with Gasteiger partial charge >= 0.3 is 0 Å². The fraction of sp³-hybridized carbons (Fsp3) is 0.579. The molecule has 1 aliphatic rings. The Balaban J connectivity index is 0.00000364. The maximum atomic E-state index is 12.2. The highest BCUT2D eigenvalue weighted by atomic mass is 35.5. The minimum atomic E-state index is -0.285. The zero-order valence-corrected chi connectivity index (χ0v) is 17.9. The van der Waals surface area contributed by atoms with E-state index in [-0.39, 0.29) is 49.2 Å². The Morgan fingerprint density at radius 1 is 1.00 bits per heavy atom. The number of carbonyl (C=O) groups is 2. The Morgan fingerprint density at radius 3 is 1.96 bits per heavy atom. The average Bonchev–Trinajstić information content (AvgIpc) is 2.90. The Hall–Kier alpha value is -1.38. The molecule has 1 saturated heterocycles. The highest BCUT2D eigenvalue weighted by molar-refractivity contribution is 5.93. The van der Waals surface area contributed by atoms with Crippen molar-refractivity contribution in [3.63, 3.8) is 0 Å². The molecule has 0 radical (unpaired) electrons. The van der Waals surface area contributed by atoms with E-state index in [1.165, 1.54) is 20.0 Å². The van der Waals surface area contributed by atoms with Crippen molar-refractivity contribution in [3.05, 3.63) is 24.3 Å². The minimum absolute atomic E-state index is 0. The number of halogens is 2. The number of nitrogens with zero attached hydrogens (tertiary/aromatic N) is 1. The second-order valence-corrected chi connectivity index (χ2v) is 6.66. The van der Waals surface area contributed by atoms with Gasteiger partial charge in [-0.05, 0) is 50.2 Å². The van der Waals surface area contributed by atoms with Crippen LogP contribution in [0, 0.1) is 0 Å².